The molecule has 1 heterocycles. The third-order valence-electron chi connectivity index (χ3n) is 3.17. The highest BCUT2D eigenvalue weighted by molar-refractivity contribution is 6.32. The number of hydrogen-bond acceptors (Lipinski definition) is 5. The second-order valence-corrected chi connectivity index (χ2v) is 5.01. The molecule has 1 aliphatic heterocycles. The van der Waals surface area contributed by atoms with Crippen LogP contribution in [0.4, 0.5) is 5.69 Å². The standard InChI is InChI=1S/C13H16ClN3O4/c14-11-9-10(1-2-12(11)17(19)20)21-8-3-13(18)16-6-4-15-5-7-16/h1-2,9,15H,3-8H2. The first-order chi connectivity index (χ1) is 10.1. The van der Waals surface area contributed by atoms with Crippen molar-refractivity contribution in [1.82, 2.24) is 10.2 Å². The van der Waals surface area contributed by atoms with Gasteiger partial charge in [0.25, 0.3) is 5.69 Å². The van der Waals surface area contributed by atoms with Crippen molar-refractivity contribution in [1.29, 1.82) is 0 Å². The van der Waals surface area contributed by atoms with Crippen LogP contribution in [0.1, 0.15) is 6.42 Å². The predicted molar refractivity (Wildman–Crippen MR) is 77.7 cm³/mol. The first kappa shape index (κ1) is 15.5. The second kappa shape index (κ2) is 7.24. The van der Waals surface area contributed by atoms with Gasteiger partial charge >= 0.3 is 0 Å². The molecule has 0 radical (unpaired) electrons. The van der Waals surface area contributed by atoms with Gasteiger partial charge in [0, 0.05) is 38.3 Å². The number of piperazine rings is 1. The SMILES string of the molecule is O=C(CCOc1ccc([N+](=O)[O-])c(Cl)c1)N1CCNCC1. The smallest absolute Gasteiger partial charge is 0.288 e. The number of halogens is 1. The van der Waals surface area contributed by atoms with Crippen LogP contribution in [0.5, 0.6) is 5.75 Å². The van der Waals surface area contributed by atoms with Crippen LogP contribution >= 0.6 is 11.6 Å². The van der Waals surface area contributed by atoms with Crippen LogP contribution in [-0.2, 0) is 4.79 Å². The minimum atomic E-state index is -0.556. The first-order valence-corrected chi connectivity index (χ1v) is 7.01. The van der Waals surface area contributed by atoms with Crippen molar-refractivity contribution in [3.05, 3.63) is 33.3 Å². The van der Waals surface area contributed by atoms with E-state index in [9.17, 15) is 14.9 Å². The van der Waals surface area contributed by atoms with Gasteiger partial charge in [-0.1, -0.05) is 11.6 Å². The number of ether oxygens (including phenoxy) is 1. The minimum Gasteiger partial charge on any atom is -0.493 e. The summed E-state index contributed by atoms with van der Waals surface area (Å²) in [6, 6.07) is 4.14. The number of hydrogen-bond donors (Lipinski definition) is 1. The Kier molecular flexibility index (Phi) is 5.35. The predicted octanol–water partition coefficient (Wildman–Crippen LogP) is 1.45. The van der Waals surface area contributed by atoms with Crippen LogP contribution in [-0.4, -0.2) is 48.5 Å². The number of nitro groups is 1. The second-order valence-electron chi connectivity index (χ2n) is 4.60. The van der Waals surface area contributed by atoms with Crippen molar-refractivity contribution in [2.24, 2.45) is 0 Å². The van der Waals surface area contributed by atoms with E-state index in [2.05, 4.69) is 5.32 Å². The van der Waals surface area contributed by atoms with E-state index in [0.29, 0.717) is 18.8 Å². The van der Waals surface area contributed by atoms with Crippen molar-refractivity contribution < 1.29 is 14.5 Å². The zero-order valence-electron chi connectivity index (χ0n) is 11.4. The van der Waals surface area contributed by atoms with Gasteiger partial charge in [0.05, 0.1) is 18.0 Å². The van der Waals surface area contributed by atoms with Crippen molar-refractivity contribution in [3.8, 4) is 5.75 Å². The minimum absolute atomic E-state index is 0.0194. The molecule has 1 fully saturated rings. The molecule has 1 aromatic carbocycles. The van der Waals surface area contributed by atoms with Gasteiger partial charge in [-0.2, -0.15) is 0 Å². The number of nitrogens with one attached hydrogen (secondary N) is 1. The first-order valence-electron chi connectivity index (χ1n) is 6.63. The molecule has 8 heteroatoms. The number of rotatable bonds is 5. The topological polar surface area (TPSA) is 84.7 Å². The van der Waals surface area contributed by atoms with Crippen LogP contribution in [0.15, 0.2) is 18.2 Å². The van der Waals surface area contributed by atoms with E-state index >= 15 is 0 Å². The van der Waals surface area contributed by atoms with E-state index in [1.807, 2.05) is 0 Å². The Morgan fingerprint density at radius 2 is 2.14 bits per heavy atom. The van der Waals surface area contributed by atoms with E-state index in [1.54, 1.807) is 4.90 Å². The summed E-state index contributed by atoms with van der Waals surface area (Å²) < 4.78 is 5.41. The number of benzene rings is 1. The maximum absolute atomic E-state index is 11.9. The lowest BCUT2D eigenvalue weighted by molar-refractivity contribution is -0.384. The molecule has 0 atom stereocenters. The zero-order valence-corrected chi connectivity index (χ0v) is 12.1. The average molecular weight is 314 g/mol. The summed E-state index contributed by atoms with van der Waals surface area (Å²) in [5.41, 5.74) is -0.166. The Hall–Kier alpha value is -1.86. The molecule has 0 aliphatic carbocycles. The molecule has 1 N–H and O–H groups in total. The molecule has 1 aromatic rings. The molecule has 0 bridgehead atoms. The number of amides is 1. The fourth-order valence-corrected chi connectivity index (χ4v) is 2.29. The summed E-state index contributed by atoms with van der Waals surface area (Å²) in [7, 11) is 0. The summed E-state index contributed by atoms with van der Waals surface area (Å²) in [5.74, 6) is 0.461. The summed E-state index contributed by atoms with van der Waals surface area (Å²) in [6.07, 6.45) is 0.272. The Morgan fingerprint density at radius 1 is 1.43 bits per heavy atom. The van der Waals surface area contributed by atoms with Gasteiger partial charge in [-0.05, 0) is 6.07 Å². The number of carbonyl (C=O) groups is 1. The third-order valence-corrected chi connectivity index (χ3v) is 3.47. The van der Waals surface area contributed by atoms with Gasteiger partial charge in [0.2, 0.25) is 5.91 Å². The molecule has 7 nitrogen and oxygen atoms in total. The number of carbonyl (C=O) groups excluding carboxylic acids is 1. The monoisotopic (exact) mass is 313 g/mol. The van der Waals surface area contributed by atoms with Gasteiger partial charge in [-0.25, -0.2) is 0 Å². The van der Waals surface area contributed by atoms with Crippen LogP contribution < -0.4 is 10.1 Å². The summed E-state index contributed by atoms with van der Waals surface area (Å²) in [6.45, 7) is 3.26. The number of nitrogens with zero attached hydrogens (tertiary/aromatic N) is 2. The van der Waals surface area contributed by atoms with Crippen molar-refractivity contribution >= 4 is 23.2 Å². The Balaban J connectivity index is 1.81. The largest absolute Gasteiger partial charge is 0.493 e. The van der Waals surface area contributed by atoms with Crippen LogP contribution in [0.2, 0.25) is 5.02 Å². The lowest BCUT2D eigenvalue weighted by atomic mass is 10.3. The molecule has 0 unspecified atom stereocenters. The maximum atomic E-state index is 11.9. The van der Waals surface area contributed by atoms with E-state index in [4.69, 9.17) is 16.3 Å². The Morgan fingerprint density at radius 3 is 2.76 bits per heavy atom. The third kappa shape index (κ3) is 4.30. The highest BCUT2D eigenvalue weighted by atomic mass is 35.5. The summed E-state index contributed by atoms with van der Waals surface area (Å²) >= 11 is 5.78. The number of nitro benzene ring substituents is 1. The van der Waals surface area contributed by atoms with E-state index in [1.165, 1.54) is 18.2 Å². The van der Waals surface area contributed by atoms with Crippen molar-refractivity contribution in [2.45, 2.75) is 6.42 Å². The van der Waals surface area contributed by atoms with E-state index in [-0.39, 0.29) is 29.6 Å². The molecule has 1 saturated heterocycles. The molecule has 114 valence electrons. The molecular weight excluding hydrogens is 298 g/mol. The summed E-state index contributed by atoms with van der Waals surface area (Å²) in [4.78, 5) is 23.8. The molecule has 0 saturated carbocycles. The Labute approximate surface area is 127 Å². The average Bonchev–Trinajstić information content (AvgIpc) is 2.47. The quantitative estimate of drug-likeness (QED) is 0.657. The lowest BCUT2D eigenvalue weighted by Crippen LogP contribution is -2.46. The zero-order chi connectivity index (χ0) is 15.2. The van der Waals surface area contributed by atoms with Gasteiger partial charge in [0.15, 0.2) is 0 Å². The highest BCUT2D eigenvalue weighted by Crippen LogP contribution is 2.28. The lowest BCUT2D eigenvalue weighted by Gasteiger charge is -2.27. The normalized spacial score (nSPS) is 14.8. The fourth-order valence-electron chi connectivity index (χ4n) is 2.05. The molecular formula is C13H16ClN3O4. The fraction of sp³-hybridized carbons (Fsp3) is 0.462. The highest BCUT2D eigenvalue weighted by Gasteiger charge is 2.16. The molecule has 1 aliphatic rings. The molecule has 0 spiro atoms. The van der Waals surface area contributed by atoms with Crippen LogP contribution in [0.3, 0.4) is 0 Å². The van der Waals surface area contributed by atoms with Gasteiger partial charge < -0.3 is 15.0 Å². The van der Waals surface area contributed by atoms with Gasteiger partial charge in [-0.3, -0.25) is 14.9 Å². The van der Waals surface area contributed by atoms with E-state index in [0.717, 1.165) is 13.1 Å². The van der Waals surface area contributed by atoms with Crippen molar-refractivity contribution in [2.75, 3.05) is 32.8 Å². The maximum Gasteiger partial charge on any atom is 0.288 e. The van der Waals surface area contributed by atoms with Crippen LogP contribution in [0, 0.1) is 10.1 Å². The molecule has 21 heavy (non-hydrogen) atoms. The Bertz CT molecular complexity index is 532. The van der Waals surface area contributed by atoms with E-state index < -0.39 is 4.92 Å². The van der Waals surface area contributed by atoms with Gasteiger partial charge in [-0.15, -0.1) is 0 Å². The van der Waals surface area contributed by atoms with Crippen molar-refractivity contribution in [3.63, 3.8) is 0 Å². The molecule has 0 aromatic heterocycles. The van der Waals surface area contributed by atoms with Gasteiger partial charge in [0.1, 0.15) is 10.8 Å². The molecule has 1 amide bonds. The summed E-state index contributed by atoms with van der Waals surface area (Å²) in [5, 5.41) is 13.8. The molecule has 2 rings (SSSR count). The van der Waals surface area contributed by atoms with Crippen LogP contribution in [0.25, 0.3) is 0 Å².